The first-order valence-electron chi connectivity index (χ1n) is 9.78. The summed E-state index contributed by atoms with van der Waals surface area (Å²) in [6.45, 7) is 5.77. The van der Waals surface area contributed by atoms with Crippen molar-refractivity contribution in [1.29, 1.82) is 0 Å². The highest BCUT2D eigenvalue weighted by molar-refractivity contribution is 7.89. The number of carbonyl (C=O) groups excluding carboxylic acids is 1. The van der Waals surface area contributed by atoms with Crippen LogP contribution in [-0.2, 0) is 14.8 Å². The van der Waals surface area contributed by atoms with Crippen LogP contribution in [0.5, 0.6) is 0 Å². The summed E-state index contributed by atoms with van der Waals surface area (Å²) >= 11 is 0. The fourth-order valence-electron chi connectivity index (χ4n) is 3.89. The van der Waals surface area contributed by atoms with Crippen molar-refractivity contribution in [3.63, 3.8) is 0 Å². The van der Waals surface area contributed by atoms with E-state index in [1.54, 1.807) is 4.90 Å². The lowest BCUT2D eigenvalue weighted by Crippen LogP contribution is -2.52. The monoisotopic (exact) mass is 425 g/mol. The maximum Gasteiger partial charge on any atom is 0.412 e. The number of amides is 1. The number of nitrogens with zero attached hydrogens (tertiary/aromatic N) is 3. The molecule has 3 rings (SSSR count). The van der Waals surface area contributed by atoms with Crippen LogP contribution in [0.2, 0.25) is 0 Å². The Morgan fingerprint density at radius 1 is 1.21 bits per heavy atom. The fourth-order valence-corrected chi connectivity index (χ4v) is 5.48. The van der Waals surface area contributed by atoms with Crippen LogP contribution in [0, 0.1) is 10.1 Å². The molecule has 1 heterocycles. The quantitative estimate of drug-likeness (QED) is 0.406. The molecular weight excluding hydrogens is 398 g/mol. The third-order valence-corrected chi connectivity index (χ3v) is 7.17. The third kappa shape index (κ3) is 4.53. The lowest BCUT2D eigenvalue weighted by Gasteiger charge is -2.42. The molecule has 0 aromatic heterocycles. The molecule has 10 heteroatoms. The van der Waals surface area contributed by atoms with Gasteiger partial charge in [-0.3, -0.25) is 10.1 Å². The first-order chi connectivity index (χ1) is 13.5. The summed E-state index contributed by atoms with van der Waals surface area (Å²) in [4.78, 5) is 24.6. The molecule has 9 nitrogen and oxygen atoms in total. The van der Waals surface area contributed by atoms with E-state index in [4.69, 9.17) is 4.74 Å². The second kappa shape index (κ2) is 7.91. The van der Waals surface area contributed by atoms with Crippen LogP contribution >= 0.6 is 0 Å². The maximum absolute atomic E-state index is 12.9. The van der Waals surface area contributed by atoms with Gasteiger partial charge in [0.1, 0.15) is 0 Å². The summed E-state index contributed by atoms with van der Waals surface area (Å²) in [5.41, 5.74) is -0.960. The lowest BCUT2D eigenvalue weighted by molar-refractivity contribution is -0.387. The molecule has 0 N–H and O–H groups in total. The predicted molar refractivity (Wildman–Crippen MR) is 106 cm³/mol. The first-order valence-corrected chi connectivity index (χ1v) is 11.2. The molecule has 160 valence electrons. The summed E-state index contributed by atoms with van der Waals surface area (Å²) in [6, 6.07) is 5.22. The third-order valence-electron chi connectivity index (χ3n) is 5.27. The van der Waals surface area contributed by atoms with Crippen molar-refractivity contribution in [3.05, 3.63) is 34.4 Å². The minimum absolute atomic E-state index is 0.0111. The summed E-state index contributed by atoms with van der Waals surface area (Å²) < 4.78 is 32.0. The highest BCUT2D eigenvalue weighted by atomic mass is 32.2. The number of rotatable bonds is 5. The zero-order valence-electron chi connectivity index (χ0n) is 16.9. The van der Waals surface area contributed by atoms with E-state index < -0.39 is 43.4 Å². The number of nitro groups is 1. The molecule has 1 saturated carbocycles. The Morgan fingerprint density at radius 3 is 2.41 bits per heavy atom. The Labute approximate surface area is 170 Å². The van der Waals surface area contributed by atoms with E-state index in [0.29, 0.717) is 0 Å². The van der Waals surface area contributed by atoms with Crippen molar-refractivity contribution >= 4 is 21.8 Å². The highest BCUT2D eigenvalue weighted by Crippen LogP contribution is 2.35. The molecule has 1 aliphatic carbocycles. The van der Waals surface area contributed by atoms with Crippen LogP contribution in [-0.4, -0.2) is 53.0 Å². The topological polar surface area (TPSA) is 110 Å². The number of carbonyl (C=O) groups is 1. The first kappa shape index (κ1) is 21.5. The second-order valence-corrected chi connectivity index (χ2v) is 10.3. The lowest BCUT2D eigenvalue weighted by atomic mass is 9.91. The van der Waals surface area contributed by atoms with Gasteiger partial charge in [0.2, 0.25) is 0 Å². The fraction of sp³-hybridized carbons (Fsp3) is 0.632. The minimum Gasteiger partial charge on any atom is -0.428 e. The van der Waals surface area contributed by atoms with Gasteiger partial charge in [-0.25, -0.2) is 13.2 Å². The zero-order chi connectivity index (χ0) is 21.4. The van der Waals surface area contributed by atoms with Crippen LogP contribution in [0.25, 0.3) is 0 Å². The molecule has 1 amide bonds. The Hall–Kier alpha value is -2.20. The van der Waals surface area contributed by atoms with Gasteiger partial charge in [-0.1, -0.05) is 31.4 Å². The van der Waals surface area contributed by atoms with E-state index in [-0.39, 0.29) is 12.6 Å². The largest absolute Gasteiger partial charge is 0.428 e. The molecular formula is C19H27N3O6S. The SMILES string of the molecule is CC(C)(C)N(C(=O)OC1CN1S(=O)(=O)c1ccccc1[N+](=O)[O-])C1CCCCC1. The van der Waals surface area contributed by atoms with Crippen LogP contribution in [0.1, 0.15) is 52.9 Å². The number of sulfonamides is 1. The van der Waals surface area contributed by atoms with Gasteiger partial charge < -0.3 is 9.64 Å². The predicted octanol–water partition coefficient (Wildman–Crippen LogP) is 3.50. The van der Waals surface area contributed by atoms with Crippen LogP contribution in [0.3, 0.4) is 0 Å². The Bertz CT molecular complexity index is 889. The smallest absolute Gasteiger partial charge is 0.412 e. The molecule has 2 aliphatic rings. The Morgan fingerprint density at radius 2 is 1.83 bits per heavy atom. The maximum atomic E-state index is 12.9. The number of hydrogen-bond acceptors (Lipinski definition) is 6. The number of nitro benzene ring substituents is 1. The van der Waals surface area contributed by atoms with E-state index in [1.165, 1.54) is 18.2 Å². The molecule has 2 unspecified atom stereocenters. The van der Waals surface area contributed by atoms with Gasteiger partial charge in [0.15, 0.2) is 11.1 Å². The summed E-state index contributed by atoms with van der Waals surface area (Å²) in [6.07, 6.45) is 3.55. The van der Waals surface area contributed by atoms with Crippen molar-refractivity contribution in [2.45, 2.75) is 75.6 Å². The van der Waals surface area contributed by atoms with Crippen molar-refractivity contribution in [3.8, 4) is 0 Å². The molecule has 0 radical (unpaired) electrons. The average molecular weight is 426 g/mol. The summed E-state index contributed by atoms with van der Waals surface area (Å²) in [5.74, 6) is 0. The molecule has 1 aliphatic heterocycles. The molecule has 1 aromatic rings. The normalized spacial score (nSPS) is 22.7. The minimum atomic E-state index is -4.13. The molecule has 2 atom stereocenters. The van der Waals surface area contributed by atoms with Gasteiger partial charge in [0, 0.05) is 17.6 Å². The van der Waals surface area contributed by atoms with Gasteiger partial charge in [0.05, 0.1) is 11.5 Å². The molecule has 29 heavy (non-hydrogen) atoms. The Balaban J connectivity index is 1.74. The van der Waals surface area contributed by atoms with Crippen LogP contribution < -0.4 is 0 Å². The average Bonchev–Trinajstić information content (AvgIpc) is 3.41. The number of hydrogen-bond donors (Lipinski definition) is 0. The van der Waals surface area contributed by atoms with E-state index in [1.807, 2.05) is 20.8 Å². The van der Waals surface area contributed by atoms with Crippen molar-refractivity contribution in [2.24, 2.45) is 0 Å². The molecule has 0 spiro atoms. The van der Waals surface area contributed by atoms with Crippen molar-refractivity contribution in [1.82, 2.24) is 9.21 Å². The van der Waals surface area contributed by atoms with Gasteiger partial charge in [-0.2, -0.15) is 4.31 Å². The van der Waals surface area contributed by atoms with Crippen molar-refractivity contribution in [2.75, 3.05) is 6.54 Å². The van der Waals surface area contributed by atoms with E-state index in [2.05, 4.69) is 0 Å². The van der Waals surface area contributed by atoms with Gasteiger partial charge in [0.25, 0.3) is 15.7 Å². The van der Waals surface area contributed by atoms with Crippen LogP contribution in [0.4, 0.5) is 10.5 Å². The number of benzene rings is 1. The Kier molecular flexibility index (Phi) is 5.86. The molecule has 1 aromatic carbocycles. The van der Waals surface area contributed by atoms with E-state index >= 15 is 0 Å². The van der Waals surface area contributed by atoms with Gasteiger partial charge in [-0.15, -0.1) is 0 Å². The number of para-hydroxylation sites is 1. The van der Waals surface area contributed by atoms with Gasteiger partial charge >= 0.3 is 6.09 Å². The standard InChI is InChI=1S/C19H27N3O6S/c1-19(2,3)21(14-9-5-4-6-10-14)18(23)28-17-13-20(17)29(26,27)16-12-8-7-11-15(16)22(24)25/h7-8,11-12,14,17H,4-6,9-10,13H2,1-3H3. The highest BCUT2D eigenvalue weighted by Gasteiger charge is 2.51. The van der Waals surface area contributed by atoms with Gasteiger partial charge in [-0.05, 0) is 39.7 Å². The van der Waals surface area contributed by atoms with Crippen LogP contribution in [0.15, 0.2) is 29.2 Å². The zero-order valence-corrected chi connectivity index (χ0v) is 17.7. The second-order valence-electron chi connectivity index (χ2n) is 8.47. The summed E-state index contributed by atoms with van der Waals surface area (Å²) in [7, 11) is -4.13. The summed E-state index contributed by atoms with van der Waals surface area (Å²) in [5, 5.41) is 11.2. The number of ether oxygens (including phenoxy) is 1. The molecule has 0 bridgehead atoms. The van der Waals surface area contributed by atoms with E-state index in [0.717, 1.165) is 42.5 Å². The van der Waals surface area contributed by atoms with Crippen molar-refractivity contribution < 1.29 is 22.9 Å². The molecule has 2 fully saturated rings. The van der Waals surface area contributed by atoms with E-state index in [9.17, 15) is 23.3 Å². The molecule has 1 saturated heterocycles.